The summed E-state index contributed by atoms with van der Waals surface area (Å²) in [6.45, 7) is 1.09. The number of hydrogen-bond donors (Lipinski definition) is 1. The Morgan fingerprint density at radius 1 is 1.24 bits per heavy atom. The number of rotatable bonds is 4. The molecule has 1 aromatic rings. The average molecular weight is 234 g/mol. The Morgan fingerprint density at radius 2 is 1.88 bits per heavy atom. The molecule has 3 heteroatoms. The van der Waals surface area contributed by atoms with Gasteiger partial charge in [0.05, 0.1) is 6.10 Å². The minimum absolute atomic E-state index is 0.0557. The maximum absolute atomic E-state index is 9.49. The fourth-order valence-corrected chi connectivity index (χ4v) is 2.54. The van der Waals surface area contributed by atoms with E-state index < -0.39 is 0 Å². The molecular weight excluding hydrogens is 212 g/mol. The zero-order valence-corrected chi connectivity index (χ0v) is 10.5. The van der Waals surface area contributed by atoms with E-state index >= 15 is 0 Å². The van der Waals surface area contributed by atoms with Gasteiger partial charge in [-0.25, -0.2) is 0 Å². The molecule has 1 aliphatic rings. The molecule has 0 aliphatic heterocycles. The van der Waals surface area contributed by atoms with E-state index in [1.807, 2.05) is 12.4 Å². The first-order chi connectivity index (χ1) is 8.25. The number of aliphatic hydroxyl groups excluding tert-OH is 1. The van der Waals surface area contributed by atoms with Crippen LogP contribution in [0.1, 0.15) is 31.2 Å². The lowest BCUT2D eigenvalue weighted by molar-refractivity contribution is 0.0847. The minimum atomic E-state index is -0.0557. The molecule has 3 nitrogen and oxygen atoms in total. The molecule has 1 heterocycles. The number of aromatic nitrogens is 1. The third-order valence-electron chi connectivity index (χ3n) is 3.79. The highest BCUT2D eigenvalue weighted by Crippen LogP contribution is 2.22. The smallest absolute Gasteiger partial charge is 0.0541 e. The fourth-order valence-electron chi connectivity index (χ4n) is 2.54. The molecule has 2 rings (SSSR count). The van der Waals surface area contributed by atoms with Crippen LogP contribution in [0.5, 0.6) is 0 Å². The van der Waals surface area contributed by atoms with Gasteiger partial charge in [0.1, 0.15) is 0 Å². The molecule has 0 unspecified atom stereocenters. The van der Waals surface area contributed by atoms with Crippen molar-refractivity contribution in [2.75, 3.05) is 13.6 Å². The monoisotopic (exact) mass is 234 g/mol. The third-order valence-corrected chi connectivity index (χ3v) is 3.79. The Labute approximate surface area is 103 Å². The number of aliphatic hydroxyl groups is 1. The van der Waals surface area contributed by atoms with Gasteiger partial charge in [0.15, 0.2) is 0 Å². The predicted molar refractivity (Wildman–Crippen MR) is 68.8 cm³/mol. The number of likely N-dealkylation sites (N-methyl/N-ethyl adjacent to an activating group) is 1. The zero-order valence-electron chi connectivity index (χ0n) is 10.5. The van der Waals surface area contributed by atoms with Gasteiger partial charge in [-0.2, -0.15) is 0 Å². The molecule has 0 amide bonds. The van der Waals surface area contributed by atoms with Crippen LogP contribution in [0.4, 0.5) is 0 Å². The topological polar surface area (TPSA) is 36.4 Å². The largest absolute Gasteiger partial charge is 0.393 e. The van der Waals surface area contributed by atoms with Crippen LogP contribution in [-0.2, 0) is 6.42 Å². The summed E-state index contributed by atoms with van der Waals surface area (Å²) >= 11 is 0. The molecule has 1 saturated carbocycles. The van der Waals surface area contributed by atoms with Gasteiger partial charge in [0.2, 0.25) is 0 Å². The van der Waals surface area contributed by atoms with E-state index in [1.54, 1.807) is 0 Å². The first kappa shape index (κ1) is 12.5. The maximum Gasteiger partial charge on any atom is 0.0541 e. The molecule has 0 atom stereocenters. The molecule has 1 fully saturated rings. The highest BCUT2D eigenvalue weighted by atomic mass is 16.3. The summed E-state index contributed by atoms with van der Waals surface area (Å²) in [4.78, 5) is 6.47. The van der Waals surface area contributed by atoms with Gasteiger partial charge in [-0.1, -0.05) is 0 Å². The molecule has 17 heavy (non-hydrogen) atoms. The van der Waals surface area contributed by atoms with Crippen LogP contribution >= 0.6 is 0 Å². The first-order valence-corrected chi connectivity index (χ1v) is 6.53. The Hall–Kier alpha value is -0.930. The van der Waals surface area contributed by atoms with Gasteiger partial charge in [-0.15, -0.1) is 0 Å². The Balaban J connectivity index is 1.75. The molecule has 0 spiro atoms. The van der Waals surface area contributed by atoms with E-state index in [2.05, 4.69) is 29.1 Å². The van der Waals surface area contributed by atoms with Crippen LogP contribution in [0.2, 0.25) is 0 Å². The highest BCUT2D eigenvalue weighted by Gasteiger charge is 2.22. The molecule has 0 bridgehead atoms. The van der Waals surface area contributed by atoms with Gasteiger partial charge in [0, 0.05) is 25.0 Å². The summed E-state index contributed by atoms with van der Waals surface area (Å²) in [5.41, 5.74) is 1.35. The second-order valence-corrected chi connectivity index (χ2v) is 5.05. The Kier molecular flexibility index (Phi) is 4.51. The summed E-state index contributed by atoms with van der Waals surface area (Å²) in [5.74, 6) is 0. The summed E-state index contributed by atoms with van der Waals surface area (Å²) < 4.78 is 0. The van der Waals surface area contributed by atoms with Crippen molar-refractivity contribution >= 4 is 0 Å². The van der Waals surface area contributed by atoms with Crippen molar-refractivity contribution in [2.45, 2.75) is 44.2 Å². The molecule has 0 saturated heterocycles. The van der Waals surface area contributed by atoms with Crippen LogP contribution in [0.25, 0.3) is 0 Å². The van der Waals surface area contributed by atoms with Crippen LogP contribution < -0.4 is 0 Å². The molecule has 1 N–H and O–H groups in total. The SMILES string of the molecule is CN(CCc1ccncc1)C1CCC(O)CC1. The van der Waals surface area contributed by atoms with Crippen LogP contribution in [0.3, 0.4) is 0 Å². The molecule has 0 radical (unpaired) electrons. The number of hydrogen-bond acceptors (Lipinski definition) is 3. The van der Waals surface area contributed by atoms with Crippen molar-refractivity contribution in [1.82, 2.24) is 9.88 Å². The van der Waals surface area contributed by atoms with Crippen molar-refractivity contribution in [3.63, 3.8) is 0 Å². The number of pyridine rings is 1. The van der Waals surface area contributed by atoms with Crippen molar-refractivity contribution < 1.29 is 5.11 Å². The molecule has 0 aromatic carbocycles. The fraction of sp³-hybridized carbons (Fsp3) is 0.643. The standard InChI is InChI=1S/C14H22N2O/c1-16(13-2-4-14(17)5-3-13)11-8-12-6-9-15-10-7-12/h6-7,9-10,13-14,17H,2-5,8,11H2,1H3. The van der Waals surface area contributed by atoms with Crippen molar-refractivity contribution in [3.05, 3.63) is 30.1 Å². The van der Waals surface area contributed by atoms with Crippen molar-refractivity contribution in [1.29, 1.82) is 0 Å². The summed E-state index contributed by atoms with van der Waals surface area (Å²) in [7, 11) is 2.20. The second kappa shape index (κ2) is 6.12. The van der Waals surface area contributed by atoms with Gasteiger partial charge >= 0.3 is 0 Å². The normalized spacial score (nSPS) is 25.1. The lowest BCUT2D eigenvalue weighted by atomic mass is 9.92. The van der Waals surface area contributed by atoms with E-state index in [-0.39, 0.29) is 6.10 Å². The average Bonchev–Trinajstić information content (AvgIpc) is 2.38. The van der Waals surface area contributed by atoms with E-state index in [0.29, 0.717) is 6.04 Å². The van der Waals surface area contributed by atoms with Gasteiger partial charge < -0.3 is 10.0 Å². The van der Waals surface area contributed by atoms with Crippen molar-refractivity contribution in [3.8, 4) is 0 Å². The van der Waals surface area contributed by atoms with Crippen LogP contribution in [-0.4, -0.2) is 40.7 Å². The van der Waals surface area contributed by atoms with Gasteiger partial charge in [-0.3, -0.25) is 4.98 Å². The predicted octanol–water partition coefficient (Wildman–Crippen LogP) is 1.86. The van der Waals surface area contributed by atoms with Crippen molar-refractivity contribution in [2.24, 2.45) is 0 Å². The summed E-state index contributed by atoms with van der Waals surface area (Å²) in [6.07, 6.45) is 8.92. The van der Waals surface area contributed by atoms with E-state index in [1.165, 1.54) is 5.56 Å². The minimum Gasteiger partial charge on any atom is -0.393 e. The quantitative estimate of drug-likeness (QED) is 0.864. The molecule has 94 valence electrons. The molecule has 1 aliphatic carbocycles. The first-order valence-electron chi connectivity index (χ1n) is 6.53. The lowest BCUT2D eigenvalue weighted by Gasteiger charge is -2.33. The third kappa shape index (κ3) is 3.79. The lowest BCUT2D eigenvalue weighted by Crippen LogP contribution is -2.37. The second-order valence-electron chi connectivity index (χ2n) is 5.05. The zero-order chi connectivity index (χ0) is 12.1. The van der Waals surface area contributed by atoms with Crippen LogP contribution in [0.15, 0.2) is 24.5 Å². The maximum atomic E-state index is 9.49. The van der Waals surface area contributed by atoms with Gasteiger partial charge in [-0.05, 0) is 56.8 Å². The Morgan fingerprint density at radius 3 is 2.53 bits per heavy atom. The Bertz CT molecular complexity index is 320. The van der Waals surface area contributed by atoms with E-state index in [9.17, 15) is 5.11 Å². The molecular formula is C14H22N2O. The molecule has 1 aromatic heterocycles. The van der Waals surface area contributed by atoms with Gasteiger partial charge in [0.25, 0.3) is 0 Å². The summed E-state index contributed by atoms with van der Waals surface area (Å²) in [5, 5.41) is 9.49. The number of nitrogens with zero attached hydrogens (tertiary/aromatic N) is 2. The van der Waals surface area contributed by atoms with E-state index in [4.69, 9.17) is 0 Å². The summed E-state index contributed by atoms with van der Waals surface area (Å²) in [6, 6.07) is 4.82. The van der Waals surface area contributed by atoms with E-state index in [0.717, 1.165) is 38.6 Å². The highest BCUT2D eigenvalue weighted by molar-refractivity contribution is 5.09. The van der Waals surface area contributed by atoms with Crippen LogP contribution in [0, 0.1) is 0 Å².